The highest BCUT2D eigenvalue weighted by atomic mass is 32.1. The van der Waals surface area contributed by atoms with E-state index in [-0.39, 0.29) is 18.2 Å². The van der Waals surface area contributed by atoms with Crippen molar-refractivity contribution >= 4 is 23.2 Å². The molecular formula is C24H25N3O2S. The average Bonchev–Trinajstić information content (AvgIpc) is 3.30. The van der Waals surface area contributed by atoms with Gasteiger partial charge in [0.05, 0.1) is 11.8 Å². The van der Waals surface area contributed by atoms with Crippen molar-refractivity contribution in [2.75, 3.05) is 13.1 Å². The number of thiophene rings is 1. The molecule has 0 saturated carbocycles. The van der Waals surface area contributed by atoms with Crippen LogP contribution < -0.4 is 5.73 Å². The Morgan fingerprint density at radius 3 is 2.73 bits per heavy atom. The number of piperidine rings is 1. The van der Waals surface area contributed by atoms with Gasteiger partial charge in [0.25, 0.3) is 0 Å². The van der Waals surface area contributed by atoms with Gasteiger partial charge in [0.2, 0.25) is 11.8 Å². The van der Waals surface area contributed by atoms with Gasteiger partial charge >= 0.3 is 0 Å². The molecule has 1 saturated heterocycles. The number of hydrogen-bond acceptors (Lipinski definition) is 4. The van der Waals surface area contributed by atoms with Gasteiger partial charge in [-0.25, -0.2) is 0 Å². The van der Waals surface area contributed by atoms with E-state index in [9.17, 15) is 9.59 Å². The number of hydrogen-bond donors (Lipinski definition) is 1. The Kier molecular flexibility index (Phi) is 5.95. The number of nitrogens with two attached hydrogens (primary N) is 1. The molecule has 0 radical (unpaired) electrons. The van der Waals surface area contributed by atoms with Crippen LogP contribution >= 0.6 is 11.3 Å². The molecule has 1 atom stereocenters. The van der Waals surface area contributed by atoms with E-state index in [4.69, 9.17) is 5.73 Å². The van der Waals surface area contributed by atoms with Crippen LogP contribution in [-0.4, -0.2) is 34.8 Å². The summed E-state index contributed by atoms with van der Waals surface area (Å²) in [6.07, 6.45) is 5.69. The average molecular weight is 420 g/mol. The van der Waals surface area contributed by atoms with Crippen molar-refractivity contribution in [2.24, 2.45) is 11.1 Å². The Labute approximate surface area is 180 Å². The lowest BCUT2D eigenvalue weighted by molar-refractivity contribution is -0.139. The molecule has 30 heavy (non-hydrogen) atoms. The van der Waals surface area contributed by atoms with Gasteiger partial charge in [-0.15, -0.1) is 11.3 Å². The second-order valence-corrected chi connectivity index (χ2v) is 8.90. The second-order valence-electron chi connectivity index (χ2n) is 7.96. The van der Waals surface area contributed by atoms with E-state index < -0.39 is 5.41 Å². The predicted octanol–water partition coefficient (Wildman–Crippen LogP) is 3.69. The maximum Gasteiger partial charge on any atom is 0.227 e. The van der Waals surface area contributed by atoms with Crippen LogP contribution in [0.2, 0.25) is 0 Å². The smallest absolute Gasteiger partial charge is 0.227 e. The van der Waals surface area contributed by atoms with E-state index >= 15 is 0 Å². The molecule has 3 heterocycles. The summed E-state index contributed by atoms with van der Waals surface area (Å²) in [5.41, 5.74) is 8.26. The quantitative estimate of drug-likeness (QED) is 0.662. The van der Waals surface area contributed by atoms with Crippen molar-refractivity contribution in [3.05, 3.63) is 77.4 Å². The number of pyridine rings is 1. The van der Waals surface area contributed by atoms with Gasteiger partial charge < -0.3 is 10.6 Å². The van der Waals surface area contributed by atoms with Crippen LogP contribution in [0.25, 0.3) is 10.4 Å². The summed E-state index contributed by atoms with van der Waals surface area (Å²) in [6, 6.07) is 16.1. The monoisotopic (exact) mass is 419 g/mol. The molecule has 2 N–H and O–H groups in total. The van der Waals surface area contributed by atoms with Crippen molar-refractivity contribution in [3.63, 3.8) is 0 Å². The molecule has 2 amide bonds. The molecule has 0 unspecified atom stereocenters. The highest BCUT2D eigenvalue weighted by molar-refractivity contribution is 7.13. The second kappa shape index (κ2) is 8.79. The van der Waals surface area contributed by atoms with Gasteiger partial charge in [0.15, 0.2) is 0 Å². The summed E-state index contributed by atoms with van der Waals surface area (Å²) in [5, 5.41) is 2.06. The van der Waals surface area contributed by atoms with E-state index in [1.54, 1.807) is 28.6 Å². The van der Waals surface area contributed by atoms with Gasteiger partial charge in [-0.3, -0.25) is 14.6 Å². The normalized spacial score (nSPS) is 18.9. The molecule has 4 rings (SSSR count). The van der Waals surface area contributed by atoms with Crippen LogP contribution in [0.15, 0.2) is 66.3 Å². The van der Waals surface area contributed by atoms with Crippen LogP contribution in [0.4, 0.5) is 0 Å². The van der Waals surface area contributed by atoms with Gasteiger partial charge in [-0.2, -0.15) is 0 Å². The minimum absolute atomic E-state index is 0.0145. The molecule has 0 aliphatic carbocycles. The highest BCUT2D eigenvalue weighted by Crippen LogP contribution is 2.35. The number of primary amides is 1. The lowest BCUT2D eigenvalue weighted by atomic mass is 9.74. The summed E-state index contributed by atoms with van der Waals surface area (Å²) >= 11 is 1.69. The fourth-order valence-electron chi connectivity index (χ4n) is 4.23. The molecule has 154 valence electrons. The molecule has 0 spiro atoms. The van der Waals surface area contributed by atoms with E-state index in [0.29, 0.717) is 25.9 Å². The third-order valence-electron chi connectivity index (χ3n) is 5.81. The van der Waals surface area contributed by atoms with Gasteiger partial charge in [-0.05, 0) is 53.5 Å². The fourth-order valence-corrected chi connectivity index (χ4v) is 4.96. The Morgan fingerprint density at radius 1 is 1.13 bits per heavy atom. The van der Waals surface area contributed by atoms with E-state index in [1.165, 1.54) is 4.88 Å². The third kappa shape index (κ3) is 4.44. The number of benzene rings is 1. The maximum absolute atomic E-state index is 12.9. The van der Waals surface area contributed by atoms with Crippen LogP contribution in [-0.2, 0) is 22.4 Å². The molecule has 0 bridgehead atoms. The number of carbonyl (C=O) groups is 2. The maximum atomic E-state index is 12.9. The molecule has 6 heteroatoms. The minimum atomic E-state index is -0.739. The van der Waals surface area contributed by atoms with Crippen LogP contribution in [0.1, 0.15) is 24.0 Å². The molecule has 3 aromatic rings. The minimum Gasteiger partial charge on any atom is -0.369 e. The molecule has 2 aromatic heterocycles. The first-order valence-electron chi connectivity index (χ1n) is 10.2. The van der Waals surface area contributed by atoms with Gasteiger partial charge in [-0.1, -0.05) is 36.4 Å². The molecule has 1 aliphatic rings. The van der Waals surface area contributed by atoms with Gasteiger partial charge in [0, 0.05) is 30.4 Å². The standard InChI is InChI=1S/C24H25N3O2S/c25-23(29)24(15-18-5-1-7-20(13-18)21-8-3-12-30-21)9-4-11-27(17-24)22(28)14-19-6-2-10-26-16-19/h1-3,5-8,10,12-13,16H,4,9,11,14-15,17H2,(H2,25,29)/t24-/m1/s1. The lowest BCUT2D eigenvalue weighted by Gasteiger charge is -2.41. The fraction of sp³-hybridized carbons (Fsp3) is 0.292. The Bertz CT molecular complexity index is 1020. The van der Waals surface area contributed by atoms with E-state index in [1.807, 2.05) is 30.3 Å². The van der Waals surface area contributed by atoms with Crippen molar-refractivity contribution in [1.82, 2.24) is 9.88 Å². The van der Waals surface area contributed by atoms with Crippen LogP contribution in [0.5, 0.6) is 0 Å². The molecule has 1 fully saturated rings. The summed E-state index contributed by atoms with van der Waals surface area (Å²) in [5.74, 6) is -0.316. The zero-order valence-electron chi connectivity index (χ0n) is 16.8. The number of likely N-dealkylation sites (tertiary alicyclic amines) is 1. The van der Waals surface area contributed by atoms with Crippen molar-refractivity contribution < 1.29 is 9.59 Å². The first kappa shape index (κ1) is 20.3. The molecule has 1 aliphatic heterocycles. The molecule has 1 aromatic carbocycles. The summed E-state index contributed by atoms with van der Waals surface area (Å²) in [4.78, 5) is 32.6. The van der Waals surface area contributed by atoms with Crippen LogP contribution in [0, 0.1) is 5.41 Å². The first-order valence-corrected chi connectivity index (χ1v) is 11.0. The zero-order chi connectivity index (χ0) is 21.0. The summed E-state index contributed by atoms with van der Waals surface area (Å²) in [6.45, 7) is 1.02. The summed E-state index contributed by atoms with van der Waals surface area (Å²) in [7, 11) is 0. The number of nitrogens with zero attached hydrogens (tertiary/aromatic N) is 2. The Balaban J connectivity index is 1.53. The van der Waals surface area contributed by atoms with Gasteiger partial charge in [0.1, 0.15) is 0 Å². The van der Waals surface area contributed by atoms with E-state index in [2.05, 4.69) is 28.6 Å². The first-order chi connectivity index (χ1) is 14.6. The summed E-state index contributed by atoms with van der Waals surface area (Å²) < 4.78 is 0. The van der Waals surface area contributed by atoms with Crippen molar-refractivity contribution in [3.8, 4) is 10.4 Å². The zero-order valence-corrected chi connectivity index (χ0v) is 17.6. The van der Waals surface area contributed by atoms with Crippen molar-refractivity contribution in [1.29, 1.82) is 0 Å². The Morgan fingerprint density at radius 2 is 2.00 bits per heavy atom. The molecular weight excluding hydrogens is 394 g/mol. The third-order valence-corrected chi connectivity index (χ3v) is 6.72. The SMILES string of the molecule is NC(=O)[C@@]1(Cc2cccc(-c3cccs3)c2)CCCN(C(=O)Cc2cccnc2)C1. The largest absolute Gasteiger partial charge is 0.369 e. The lowest BCUT2D eigenvalue weighted by Crippen LogP contribution is -2.53. The Hall–Kier alpha value is -2.99. The number of amides is 2. The number of carbonyl (C=O) groups excluding carboxylic acids is 2. The van der Waals surface area contributed by atoms with Crippen LogP contribution in [0.3, 0.4) is 0 Å². The molecule has 5 nitrogen and oxygen atoms in total. The number of aromatic nitrogens is 1. The number of rotatable bonds is 6. The predicted molar refractivity (Wildman–Crippen MR) is 119 cm³/mol. The van der Waals surface area contributed by atoms with Crippen molar-refractivity contribution in [2.45, 2.75) is 25.7 Å². The van der Waals surface area contributed by atoms with E-state index in [0.717, 1.165) is 23.1 Å². The topological polar surface area (TPSA) is 76.3 Å². The highest BCUT2D eigenvalue weighted by Gasteiger charge is 2.42.